The molecule has 0 N–H and O–H groups in total. The van der Waals surface area contributed by atoms with Crippen molar-refractivity contribution in [3.63, 3.8) is 0 Å². The summed E-state index contributed by atoms with van der Waals surface area (Å²) < 4.78 is 15.8. The molecule has 0 unspecified atom stereocenters. The molecule has 0 bridgehead atoms. The second-order valence-corrected chi connectivity index (χ2v) is 6.28. The number of carbonyl (C=O) groups is 1. The van der Waals surface area contributed by atoms with Gasteiger partial charge in [0, 0.05) is 29.8 Å². The number of ether oxygens (including phenoxy) is 3. The third kappa shape index (κ3) is 3.64. The zero-order valence-corrected chi connectivity index (χ0v) is 16.1. The molecule has 0 amide bonds. The zero-order chi connectivity index (χ0) is 20.4. The smallest absolute Gasteiger partial charge is 0.341 e. The molecule has 0 aliphatic carbocycles. The van der Waals surface area contributed by atoms with E-state index in [0.29, 0.717) is 10.9 Å². The van der Waals surface area contributed by atoms with Crippen LogP contribution in [-0.2, 0) is 4.74 Å². The maximum atomic E-state index is 12.1. The average molecular weight is 423 g/mol. The van der Waals surface area contributed by atoms with E-state index in [1.165, 1.54) is 44.7 Å². The van der Waals surface area contributed by atoms with Gasteiger partial charge in [0.05, 0.1) is 24.7 Å². The lowest BCUT2D eigenvalue weighted by Crippen LogP contribution is -2.04. The third-order valence-electron chi connectivity index (χ3n) is 3.84. The zero-order valence-electron chi connectivity index (χ0n) is 14.6. The summed E-state index contributed by atoms with van der Waals surface area (Å²) in [5, 5.41) is 11.4. The first-order valence-corrected chi connectivity index (χ1v) is 8.47. The van der Waals surface area contributed by atoms with Crippen molar-refractivity contribution in [2.75, 3.05) is 14.2 Å². The van der Waals surface area contributed by atoms with Crippen LogP contribution in [0, 0.1) is 10.1 Å². The van der Waals surface area contributed by atoms with E-state index in [9.17, 15) is 14.9 Å². The molecule has 2 aromatic carbocycles. The van der Waals surface area contributed by atoms with Crippen molar-refractivity contribution in [1.82, 2.24) is 4.98 Å². The van der Waals surface area contributed by atoms with Gasteiger partial charge in [0.2, 0.25) is 0 Å². The van der Waals surface area contributed by atoms with Crippen LogP contribution in [0.25, 0.3) is 10.9 Å². The molecule has 0 spiro atoms. The molecule has 8 nitrogen and oxygen atoms in total. The highest BCUT2D eigenvalue weighted by atomic mass is 35.5. The number of benzene rings is 2. The Hall–Kier alpha value is -3.10. The lowest BCUT2D eigenvalue weighted by molar-refractivity contribution is -0.384. The van der Waals surface area contributed by atoms with E-state index in [4.69, 9.17) is 37.4 Å². The topological polar surface area (TPSA) is 101 Å². The molecule has 0 aliphatic heterocycles. The molecule has 0 atom stereocenters. The van der Waals surface area contributed by atoms with Gasteiger partial charge in [-0.25, -0.2) is 4.79 Å². The van der Waals surface area contributed by atoms with Gasteiger partial charge in [0.25, 0.3) is 5.69 Å². The van der Waals surface area contributed by atoms with Crippen LogP contribution in [0.4, 0.5) is 5.69 Å². The number of pyridine rings is 1. The maximum absolute atomic E-state index is 12.1. The van der Waals surface area contributed by atoms with E-state index in [0.717, 1.165) is 0 Å². The summed E-state index contributed by atoms with van der Waals surface area (Å²) in [6.45, 7) is 0. The molecule has 0 radical (unpaired) electrons. The van der Waals surface area contributed by atoms with Gasteiger partial charge in [0.1, 0.15) is 27.1 Å². The van der Waals surface area contributed by atoms with Crippen LogP contribution in [0.2, 0.25) is 10.0 Å². The minimum absolute atomic E-state index is 0.0890. The molecular weight excluding hydrogens is 411 g/mol. The number of hydrogen-bond donors (Lipinski definition) is 0. The number of methoxy groups -OCH3 is 2. The monoisotopic (exact) mass is 422 g/mol. The highest BCUT2D eigenvalue weighted by Gasteiger charge is 2.19. The average Bonchev–Trinajstić information content (AvgIpc) is 2.68. The van der Waals surface area contributed by atoms with Crippen LogP contribution in [0.15, 0.2) is 36.5 Å². The van der Waals surface area contributed by atoms with Gasteiger partial charge < -0.3 is 14.2 Å². The van der Waals surface area contributed by atoms with Crippen molar-refractivity contribution in [2.45, 2.75) is 0 Å². The Kier molecular flexibility index (Phi) is 5.53. The quantitative estimate of drug-likeness (QED) is 0.322. The van der Waals surface area contributed by atoms with Crippen molar-refractivity contribution < 1.29 is 23.9 Å². The molecule has 0 aliphatic rings. The fourth-order valence-corrected chi connectivity index (χ4v) is 2.96. The predicted molar refractivity (Wildman–Crippen MR) is 103 cm³/mol. The van der Waals surface area contributed by atoms with Crippen molar-refractivity contribution in [2.24, 2.45) is 0 Å². The normalized spacial score (nSPS) is 10.6. The Labute approximate surface area is 168 Å². The number of nitro groups is 1. The third-order valence-corrected chi connectivity index (χ3v) is 4.41. The summed E-state index contributed by atoms with van der Waals surface area (Å²) in [4.78, 5) is 26.6. The molecule has 28 heavy (non-hydrogen) atoms. The number of aromatic nitrogens is 1. The number of hydrogen-bond acceptors (Lipinski definition) is 7. The maximum Gasteiger partial charge on any atom is 0.341 e. The SMILES string of the molecule is COC(=O)c1cc2c(Oc3ccc([N+](=O)[O-])c(Cl)c3)c(Cl)cnc2cc1OC. The Morgan fingerprint density at radius 2 is 1.89 bits per heavy atom. The molecule has 144 valence electrons. The number of nitrogens with zero attached hydrogens (tertiary/aromatic N) is 2. The van der Waals surface area contributed by atoms with E-state index in [1.54, 1.807) is 6.07 Å². The second-order valence-electron chi connectivity index (χ2n) is 5.47. The molecule has 0 fully saturated rings. The van der Waals surface area contributed by atoms with Crippen molar-refractivity contribution >= 4 is 45.8 Å². The van der Waals surface area contributed by atoms with Crippen molar-refractivity contribution in [3.8, 4) is 17.2 Å². The van der Waals surface area contributed by atoms with Gasteiger partial charge in [-0.2, -0.15) is 0 Å². The standard InChI is InChI=1S/C18H12Cl2N2O6/c1-26-16-7-14-10(6-11(16)18(23)27-2)17(13(20)8-21-14)28-9-3-4-15(22(24)25)12(19)5-9/h3-8H,1-2H3. The van der Waals surface area contributed by atoms with Crippen LogP contribution in [0.3, 0.4) is 0 Å². The van der Waals surface area contributed by atoms with Gasteiger partial charge in [-0.15, -0.1) is 0 Å². The number of rotatable bonds is 5. The molecule has 1 heterocycles. The van der Waals surface area contributed by atoms with Crippen LogP contribution in [0.5, 0.6) is 17.2 Å². The fourth-order valence-electron chi connectivity index (χ4n) is 2.53. The van der Waals surface area contributed by atoms with E-state index in [1.807, 2.05) is 0 Å². The molecular formula is C18H12Cl2N2O6. The van der Waals surface area contributed by atoms with Crippen LogP contribution in [0.1, 0.15) is 10.4 Å². The van der Waals surface area contributed by atoms with Gasteiger partial charge in [-0.1, -0.05) is 23.2 Å². The van der Waals surface area contributed by atoms with E-state index >= 15 is 0 Å². The molecule has 10 heteroatoms. The Morgan fingerprint density at radius 3 is 2.50 bits per heavy atom. The van der Waals surface area contributed by atoms with E-state index in [2.05, 4.69) is 4.98 Å². The van der Waals surface area contributed by atoms with Gasteiger partial charge >= 0.3 is 5.97 Å². The Balaban J connectivity index is 2.14. The number of esters is 1. The van der Waals surface area contributed by atoms with Gasteiger partial charge in [0.15, 0.2) is 5.75 Å². The summed E-state index contributed by atoms with van der Waals surface area (Å²) in [7, 11) is 2.66. The molecule has 1 aromatic heterocycles. The van der Waals surface area contributed by atoms with Crippen LogP contribution < -0.4 is 9.47 Å². The first-order valence-electron chi connectivity index (χ1n) is 7.72. The number of halogens is 2. The predicted octanol–water partition coefficient (Wildman–Crippen LogP) is 5.04. The molecule has 0 saturated heterocycles. The second kappa shape index (κ2) is 7.87. The summed E-state index contributed by atoms with van der Waals surface area (Å²) in [6.07, 6.45) is 1.38. The van der Waals surface area contributed by atoms with E-state index in [-0.39, 0.29) is 38.5 Å². The Bertz CT molecular complexity index is 1100. The van der Waals surface area contributed by atoms with E-state index < -0.39 is 10.9 Å². The van der Waals surface area contributed by atoms with Gasteiger partial charge in [-0.05, 0) is 12.1 Å². The number of carbonyl (C=O) groups excluding carboxylic acids is 1. The summed E-state index contributed by atoms with van der Waals surface area (Å²) in [6, 6.07) is 6.94. The minimum atomic E-state index is -0.608. The fraction of sp³-hybridized carbons (Fsp3) is 0.111. The number of nitro benzene ring substituents is 1. The largest absolute Gasteiger partial charge is 0.496 e. The van der Waals surface area contributed by atoms with Gasteiger partial charge in [-0.3, -0.25) is 15.1 Å². The van der Waals surface area contributed by atoms with Crippen LogP contribution >= 0.6 is 23.2 Å². The molecule has 0 saturated carbocycles. The lowest BCUT2D eigenvalue weighted by atomic mass is 10.1. The number of fused-ring (bicyclic) bond motifs is 1. The summed E-state index contributed by atoms with van der Waals surface area (Å²) in [5.41, 5.74) is 0.363. The minimum Gasteiger partial charge on any atom is -0.496 e. The molecule has 3 rings (SSSR count). The van der Waals surface area contributed by atoms with Crippen molar-refractivity contribution in [1.29, 1.82) is 0 Å². The first-order chi connectivity index (χ1) is 13.3. The lowest BCUT2D eigenvalue weighted by Gasteiger charge is -2.13. The Morgan fingerprint density at radius 1 is 1.14 bits per heavy atom. The highest BCUT2D eigenvalue weighted by molar-refractivity contribution is 6.33. The summed E-state index contributed by atoms with van der Waals surface area (Å²) >= 11 is 12.2. The van der Waals surface area contributed by atoms with Crippen LogP contribution in [-0.4, -0.2) is 30.1 Å². The van der Waals surface area contributed by atoms with Crippen molar-refractivity contribution in [3.05, 3.63) is 62.3 Å². The first kappa shape index (κ1) is 19.7. The summed E-state index contributed by atoms with van der Waals surface area (Å²) in [5.74, 6) is 0.0892. The molecule has 3 aromatic rings. The highest BCUT2D eigenvalue weighted by Crippen LogP contribution is 2.39.